The monoisotopic (exact) mass is 666 g/mol. The van der Waals surface area contributed by atoms with E-state index in [1.54, 1.807) is 18.2 Å². The number of amides is 2. The Morgan fingerprint density at radius 2 is 0.923 bits per heavy atom. The molecule has 7 aromatic carbocycles. The van der Waals surface area contributed by atoms with Crippen molar-refractivity contribution < 1.29 is 9.59 Å². The van der Waals surface area contributed by atoms with Crippen LogP contribution in [0.3, 0.4) is 0 Å². The van der Waals surface area contributed by atoms with E-state index in [1.165, 1.54) is 4.90 Å². The summed E-state index contributed by atoms with van der Waals surface area (Å²) in [6, 6.07) is 54.5. The third kappa shape index (κ3) is 4.79. The van der Waals surface area contributed by atoms with Crippen molar-refractivity contribution >= 4 is 39.3 Å². The van der Waals surface area contributed by atoms with E-state index in [4.69, 9.17) is 0 Å². The topological polar surface area (TPSA) is 89.9 Å². The zero-order valence-corrected chi connectivity index (χ0v) is 27.6. The van der Waals surface area contributed by atoms with E-state index in [-0.39, 0.29) is 11.8 Å². The molecule has 0 spiro atoms. The lowest BCUT2D eigenvalue weighted by Gasteiger charge is -2.18. The zero-order chi connectivity index (χ0) is 35.3. The summed E-state index contributed by atoms with van der Waals surface area (Å²) in [5.41, 5.74) is 10.1. The highest BCUT2D eigenvalue weighted by atomic mass is 16.2. The fraction of sp³-hybridized carbons (Fsp3) is 0. The SMILES string of the molecule is N#Cc1cccc(-c2ccc3c(c2)c2cc(-c4cccc(C#N)c4)ccc2n3-c2cccc3c2C(=O)N(c2ccccc2-c2ccccc2)C3=O)c1. The summed E-state index contributed by atoms with van der Waals surface area (Å²) < 4.78 is 2.06. The first kappa shape index (κ1) is 30.5. The molecule has 242 valence electrons. The van der Waals surface area contributed by atoms with Crippen LogP contribution in [0.1, 0.15) is 31.8 Å². The molecule has 2 heterocycles. The van der Waals surface area contributed by atoms with Gasteiger partial charge in [-0.25, -0.2) is 4.90 Å². The summed E-state index contributed by atoms with van der Waals surface area (Å²) in [7, 11) is 0. The molecular formula is C46H26N4O2. The number of hydrogen-bond acceptors (Lipinski definition) is 4. The van der Waals surface area contributed by atoms with Crippen LogP contribution in [0, 0.1) is 22.7 Å². The molecule has 0 unspecified atom stereocenters. The van der Waals surface area contributed by atoms with Gasteiger partial charge in [-0.1, -0.05) is 91.0 Å². The van der Waals surface area contributed by atoms with E-state index in [1.807, 2.05) is 127 Å². The maximum Gasteiger partial charge on any atom is 0.268 e. The highest BCUT2D eigenvalue weighted by Gasteiger charge is 2.40. The second-order valence-corrected chi connectivity index (χ2v) is 12.7. The molecule has 1 aliphatic rings. The largest absolute Gasteiger partial charge is 0.308 e. The summed E-state index contributed by atoms with van der Waals surface area (Å²) in [6.45, 7) is 0. The molecular weight excluding hydrogens is 641 g/mol. The molecule has 9 rings (SSSR count). The molecule has 8 aromatic rings. The van der Waals surface area contributed by atoms with E-state index in [0.29, 0.717) is 33.6 Å². The van der Waals surface area contributed by atoms with Gasteiger partial charge in [-0.2, -0.15) is 10.5 Å². The van der Waals surface area contributed by atoms with Crippen molar-refractivity contribution in [3.63, 3.8) is 0 Å². The molecule has 0 saturated carbocycles. The molecule has 1 aromatic heterocycles. The second kappa shape index (κ2) is 12.1. The van der Waals surface area contributed by atoms with Crippen molar-refractivity contribution in [3.8, 4) is 51.2 Å². The smallest absolute Gasteiger partial charge is 0.268 e. The van der Waals surface area contributed by atoms with Gasteiger partial charge in [0, 0.05) is 16.3 Å². The van der Waals surface area contributed by atoms with Crippen LogP contribution in [-0.2, 0) is 0 Å². The molecule has 0 N–H and O–H groups in total. The van der Waals surface area contributed by atoms with Crippen molar-refractivity contribution in [2.24, 2.45) is 0 Å². The van der Waals surface area contributed by atoms with Crippen LogP contribution in [0.5, 0.6) is 0 Å². The Morgan fingerprint density at radius 3 is 1.54 bits per heavy atom. The Kier molecular flexibility index (Phi) is 7.10. The predicted octanol–water partition coefficient (Wildman–Crippen LogP) is 10.3. The molecule has 0 aliphatic carbocycles. The minimum atomic E-state index is -0.385. The predicted molar refractivity (Wildman–Crippen MR) is 204 cm³/mol. The normalized spacial score (nSPS) is 12.2. The lowest BCUT2D eigenvalue weighted by atomic mass is 9.99. The van der Waals surface area contributed by atoms with E-state index in [2.05, 4.69) is 28.8 Å². The number of hydrogen-bond donors (Lipinski definition) is 0. The average Bonchev–Trinajstić information content (AvgIpc) is 3.67. The summed E-state index contributed by atoms with van der Waals surface area (Å²) in [6.07, 6.45) is 0. The first-order valence-electron chi connectivity index (χ1n) is 16.8. The van der Waals surface area contributed by atoms with Gasteiger partial charge >= 0.3 is 0 Å². The zero-order valence-electron chi connectivity index (χ0n) is 27.6. The number of anilines is 1. The molecule has 2 amide bonds. The molecule has 0 radical (unpaired) electrons. The van der Waals surface area contributed by atoms with Gasteiger partial charge in [-0.3, -0.25) is 9.59 Å². The number of imide groups is 1. The van der Waals surface area contributed by atoms with Gasteiger partial charge in [0.05, 0.1) is 56.8 Å². The van der Waals surface area contributed by atoms with Crippen LogP contribution < -0.4 is 4.90 Å². The number of rotatable bonds is 5. The molecule has 0 bridgehead atoms. The number of carbonyl (C=O) groups is 2. The van der Waals surface area contributed by atoms with Crippen molar-refractivity contribution in [1.29, 1.82) is 10.5 Å². The van der Waals surface area contributed by atoms with Crippen molar-refractivity contribution in [2.75, 3.05) is 4.90 Å². The third-order valence-electron chi connectivity index (χ3n) is 9.78. The van der Waals surface area contributed by atoms with Crippen LogP contribution in [0.2, 0.25) is 0 Å². The Bertz CT molecular complexity index is 2760. The number of para-hydroxylation sites is 1. The Hall–Kier alpha value is -7.54. The van der Waals surface area contributed by atoms with Crippen LogP contribution in [0.15, 0.2) is 158 Å². The van der Waals surface area contributed by atoms with E-state index in [0.717, 1.165) is 55.2 Å². The highest BCUT2D eigenvalue weighted by molar-refractivity contribution is 6.36. The van der Waals surface area contributed by atoms with Crippen LogP contribution >= 0.6 is 0 Å². The van der Waals surface area contributed by atoms with Crippen molar-refractivity contribution in [3.05, 3.63) is 180 Å². The minimum absolute atomic E-state index is 0.339. The van der Waals surface area contributed by atoms with E-state index >= 15 is 0 Å². The lowest BCUT2D eigenvalue weighted by Crippen LogP contribution is -2.30. The quantitative estimate of drug-likeness (QED) is 0.171. The lowest BCUT2D eigenvalue weighted by molar-refractivity contribution is 0.0926. The second-order valence-electron chi connectivity index (χ2n) is 12.7. The molecule has 1 aliphatic heterocycles. The third-order valence-corrected chi connectivity index (χ3v) is 9.78. The number of aromatic nitrogens is 1. The summed E-state index contributed by atoms with van der Waals surface area (Å²) >= 11 is 0. The first-order valence-corrected chi connectivity index (χ1v) is 16.8. The van der Waals surface area contributed by atoms with Crippen LogP contribution in [0.4, 0.5) is 5.69 Å². The standard InChI is InChI=1S/C46H26N4O2/c47-27-29-9-6-13-32(23-29)34-19-21-41-38(25-34)39-26-35(33-14-7-10-30(24-33)28-48)20-22-42(39)49(41)43-18-8-16-37-44(43)46(52)50(45(37)51)40-17-5-4-15-36(40)31-11-2-1-3-12-31/h1-26H. The first-order chi connectivity index (χ1) is 25.5. The summed E-state index contributed by atoms with van der Waals surface area (Å²) in [4.78, 5) is 30.1. The van der Waals surface area contributed by atoms with Crippen LogP contribution in [-0.4, -0.2) is 16.4 Å². The maximum absolute atomic E-state index is 14.6. The van der Waals surface area contributed by atoms with Crippen LogP contribution in [0.25, 0.3) is 60.9 Å². The van der Waals surface area contributed by atoms with E-state index < -0.39 is 0 Å². The van der Waals surface area contributed by atoms with Gasteiger partial charge < -0.3 is 4.57 Å². The van der Waals surface area contributed by atoms with Gasteiger partial charge in [0.2, 0.25) is 0 Å². The maximum atomic E-state index is 14.6. The summed E-state index contributed by atoms with van der Waals surface area (Å²) in [5.74, 6) is -0.755. The molecule has 0 atom stereocenters. The Labute approximate surface area is 299 Å². The van der Waals surface area contributed by atoms with Crippen molar-refractivity contribution in [1.82, 2.24) is 4.57 Å². The number of nitrogens with zero attached hydrogens (tertiary/aromatic N) is 4. The molecule has 6 nitrogen and oxygen atoms in total. The molecule has 52 heavy (non-hydrogen) atoms. The number of carbonyl (C=O) groups excluding carboxylic acids is 2. The van der Waals surface area contributed by atoms with Gasteiger partial charge in [0.25, 0.3) is 11.8 Å². The van der Waals surface area contributed by atoms with E-state index in [9.17, 15) is 20.1 Å². The fourth-order valence-electron chi connectivity index (χ4n) is 7.38. The van der Waals surface area contributed by atoms with Gasteiger partial charge in [0.15, 0.2) is 0 Å². The fourth-order valence-corrected chi connectivity index (χ4v) is 7.38. The van der Waals surface area contributed by atoms with Gasteiger partial charge in [-0.05, 0) is 94.5 Å². The molecule has 0 fully saturated rings. The minimum Gasteiger partial charge on any atom is -0.308 e. The van der Waals surface area contributed by atoms with Gasteiger partial charge in [0.1, 0.15) is 0 Å². The highest BCUT2D eigenvalue weighted by Crippen LogP contribution is 2.42. The Morgan fingerprint density at radius 1 is 0.423 bits per heavy atom. The van der Waals surface area contributed by atoms with Crippen molar-refractivity contribution in [2.45, 2.75) is 0 Å². The number of fused-ring (bicyclic) bond motifs is 4. The Balaban J connectivity index is 1.27. The number of nitriles is 2. The molecule has 0 saturated heterocycles. The number of benzene rings is 7. The summed E-state index contributed by atoms with van der Waals surface area (Å²) in [5, 5.41) is 21.0. The van der Waals surface area contributed by atoms with Gasteiger partial charge in [-0.15, -0.1) is 0 Å². The molecule has 6 heteroatoms. The average molecular weight is 667 g/mol.